The quantitative estimate of drug-likeness (QED) is 0.788. The highest BCUT2D eigenvalue weighted by molar-refractivity contribution is 6.30. The van der Waals surface area contributed by atoms with Crippen molar-refractivity contribution in [3.63, 3.8) is 0 Å². The van der Waals surface area contributed by atoms with E-state index >= 15 is 0 Å². The zero-order valence-electron chi connectivity index (χ0n) is 13.2. The first-order valence-corrected chi connectivity index (χ1v) is 7.59. The number of benzene rings is 2. The van der Waals surface area contributed by atoms with Crippen LogP contribution in [0.5, 0.6) is 11.5 Å². The molecule has 0 spiro atoms. The first kappa shape index (κ1) is 16.7. The Balaban J connectivity index is 1.90. The molecule has 0 atom stereocenters. The molecule has 0 aliphatic rings. The van der Waals surface area contributed by atoms with E-state index in [1.165, 1.54) is 11.1 Å². The van der Waals surface area contributed by atoms with E-state index < -0.39 is 0 Å². The lowest BCUT2D eigenvalue weighted by Gasteiger charge is -2.11. The summed E-state index contributed by atoms with van der Waals surface area (Å²) in [5, 5.41) is 4.21. The molecule has 2 rings (SSSR count). The molecule has 0 amide bonds. The highest BCUT2D eigenvalue weighted by atomic mass is 35.5. The topological polar surface area (TPSA) is 30.5 Å². The summed E-state index contributed by atoms with van der Waals surface area (Å²) >= 11 is 6.07. The monoisotopic (exact) mass is 318 g/mol. The van der Waals surface area contributed by atoms with Crippen molar-refractivity contribution in [3.05, 3.63) is 58.1 Å². The van der Waals surface area contributed by atoms with E-state index in [2.05, 4.69) is 17.4 Å². The van der Waals surface area contributed by atoms with Crippen LogP contribution in [0.25, 0.3) is 0 Å². The summed E-state index contributed by atoms with van der Waals surface area (Å²) in [5.41, 5.74) is 3.47. The largest absolute Gasteiger partial charge is 0.496 e. The fraction of sp³-hybridized carbons (Fsp3) is 0.333. The van der Waals surface area contributed by atoms with Crippen LogP contribution in [0.3, 0.4) is 0 Å². The zero-order chi connectivity index (χ0) is 15.9. The van der Waals surface area contributed by atoms with Crippen molar-refractivity contribution in [3.8, 4) is 11.5 Å². The van der Waals surface area contributed by atoms with E-state index in [1.807, 2.05) is 31.2 Å². The molecule has 0 unspecified atom stereocenters. The Bertz CT molecular complexity index is 608. The molecule has 0 aromatic heterocycles. The molecule has 0 heterocycles. The fourth-order valence-corrected chi connectivity index (χ4v) is 2.69. The Morgan fingerprint density at radius 1 is 1.14 bits per heavy atom. The molecule has 1 N–H and O–H groups in total. The molecule has 22 heavy (non-hydrogen) atoms. The van der Waals surface area contributed by atoms with Crippen LogP contribution in [0, 0.1) is 13.0 Å². The van der Waals surface area contributed by atoms with Gasteiger partial charge in [-0.3, -0.25) is 0 Å². The van der Waals surface area contributed by atoms with Crippen molar-refractivity contribution in [2.45, 2.75) is 19.9 Å². The van der Waals surface area contributed by atoms with Gasteiger partial charge in [0.2, 0.25) is 0 Å². The molecule has 3 nitrogen and oxygen atoms in total. The van der Waals surface area contributed by atoms with Crippen LogP contribution in [0.1, 0.15) is 16.7 Å². The second-order valence-corrected chi connectivity index (χ2v) is 5.60. The van der Waals surface area contributed by atoms with Gasteiger partial charge in [0.1, 0.15) is 11.5 Å². The number of ether oxygens (including phenoxy) is 2. The van der Waals surface area contributed by atoms with E-state index in [1.54, 1.807) is 14.2 Å². The van der Waals surface area contributed by atoms with Gasteiger partial charge in [0.05, 0.1) is 14.2 Å². The normalized spacial score (nSPS) is 10.5. The smallest absolute Gasteiger partial charge is 0.127 e. The highest BCUT2D eigenvalue weighted by Gasteiger charge is 2.05. The number of halogens is 1. The van der Waals surface area contributed by atoms with Gasteiger partial charge in [-0.2, -0.15) is 0 Å². The van der Waals surface area contributed by atoms with Crippen LogP contribution in [0.15, 0.2) is 30.3 Å². The third-order valence-corrected chi connectivity index (χ3v) is 3.63. The maximum atomic E-state index is 6.07. The molecule has 117 valence electrons. The van der Waals surface area contributed by atoms with Gasteiger partial charge in [-0.15, -0.1) is 0 Å². The number of nitrogens with one attached hydrogen (secondary N) is 1. The Hall–Kier alpha value is -1.71. The minimum absolute atomic E-state index is 0.723. The van der Waals surface area contributed by atoms with Crippen LogP contribution in [0.2, 0.25) is 5.02 Å². The standard InChI is InChI=1S/C18H21ClNO2/c1-13-8-14(10-16(19)9-13)12-20-7-6-15-11-17(21-2)4-5-18(15)22-3/h5,8-11,20H,6-7,12H2,1-3H3. The van der Waals surface area contributed by atoms with Gasteiger partial charge in [0, 0.05) is 17.6 Å². The zero-order valence-corrected chi connectivity index (χ0v) is 14.0. The van der Waals surface area contributed by atoms with Gasteiger partial charge in [0.25, 0.3) is 0 Å². The maximum Gasteiger partial charge on any atom is 0.127 e. The van der Waals surface area contributed by atoms with Crippen molar-refractivity contribution >= 4 is 11.6 Å². The van der Waals surface area contributed by atoms with Crippen LogP contribution < -0.4 is 14.8 Å². The first-order valence-electron chi connectivity index (χ1n) is 7.21. The average Bonchev–Trinajstić information content (AvgIpc) is 2.50. The van der Waals surface area contributed by atoms with E-state index in [0.29, 0.717) is 0 Å². The van der Waals surface area contributed by atoms with Crippen molar-refractivity contribution < 1.29 is 9.47 Å². The van der Waals surface area contributed by atoms with E-state index in [0.717, 1.165) is 41.6 Å². The average molecular weight is 319 g/mol. The Morgan fingerprint density at radius 3 is 2.64 bits per heavy atom. The lowest BCUT2D eigenvalue weighted by atomic mass is 10.1. The Labute approximate surface area is 137 Å². The molecular formula is C18H21ClNO2. The summed E-state index contributed by atoms with van der Waals surface area (Å²) in [6.07, 6.45) is 0.855. The molecule has 2 aromatic carbocycles. The number of rotatable bonds is 7. The lowest BCUT2D eigenvalue weighted by Crippen LogP contribution is -2.17. The van der Waals surface area contributed by atoms with Crippen LogP contribution >= 0.6 is 11.6 Å². The second kappa shape index (κ2) is 8.06. The predicted molar refractivity (Wildman–Crippen MR) is 90.0 cm³/mol. The minimum atomic E-state index is 0.723. The third kappa shape index (κ3) is 4.65. The van der Waals surface area contributed by atoms with Gasteiger partial charge in [-0.25, -0.2) is 0 Å². The molecule has 1 radical (unpaired) electrons. The van der Waals surface area contributed by atoms with Crippen molar-refractivity contribution in [1.29, 1.82) is 0 Å². The van der Waals surface area contributed by atoms with Gasteiger partial charge >= 0.3 is 0 Å². The minimum Gasteiger partial charge on any atom is -0.496 e. The number of hydrogen-bond acceptors (Lipinski definition) is 3. The summed E-state index contributed by atoms with van der Waals surface area (Å²) in [4.78, 5) is 0. The van der Waals surface area contributed by atoms with Gasteiger partial charge in [0.15, 0.2) is 0 Å². The molecule has 0 bridgehead atoms. The number of hydrogen-bond donors (Lipinski definition) is 1. The number of aryl methyl sites for hydroxylation is 1. The summed E-state index contributed by atoms with van der Waals surface area (Å²) in [7, 11) is 3.31. The number of methoxy groups -OCH3 is 2. The van der Waals surface area contributed by atoms with Gasteiger partial charge in [-0.1, -0.05) is 17.7 Å². The molecule has 2 aromatic rings. The highest BCUT2D eigenvalue weighted by Crippen LogP contribution is 2.23. The van der Waals surface area contributed by atoms with Crippen molar-refractivity contribution in [2.24, 2.45) is 0 Å². The molecule has 0 aliphatic carbocycles. The summed E-state index contributed by atoms with van der Waals surface area (Å²) in [6, 6.07) is 12.9. The lowest BCUT2D eigenvalue weighted by molar-refractivity contribution is 0.397. The maximum absolute atomic E-state index is 6.07. The second-order valence-electron chi connectivity index (χ2n) is 5.16. The van der Waals surface area contributed by atoms with E-state index in [-0.39, 0.29) is 0 Å². The SMILES string of the molecule is COc1[c]cc(OC)c(CCNCc2cc(C)cc(Cl)c2)c1. The van der Waals surface area contributed by atoms with E-state index in [4.69, 9.17) is 21.1 Å². The molecule has 4 heteroatoms. The Kier molecular flexibility index (Phi) is 6.10. The first-order chi connectivity index (χ1) is 10.6. The molecule has 0 saturated carbocycles. The molecule has 0 saturated heterocycles. The Morgan fingerprint density at radius 2 is 1.95 bits per heavy atom. The molecular weight excluding hydrogens is 298 g/mol. The summed E-state index contributed by atoms with van der Waals surface area (Å²) in [5.74, 6) is 1.56. The van der Waals surface area contributed by atoms with Crippen molar-refractivity contribution in [2.75, 3.05) is 20.8 Å². The predicted octanol–water partition coefficient (Wildman–Crippen LogP) is 3.80. The molecule has 0 aliphatic heterocycles. The fourth-order valence-electron chi connectivity index (χ4n) is 2.37. The van der Waals surface area contributed by atoms with E-state index in [9.17, 15) is 0 Å². The third-order valence-electron chi connectivity index (χ3n) is 3.41. The summed E-state index contributed by atoms with van der Waals surface area (Å²) < 4.78 is 10.6. The van der Waals surface area contributed by atoms with Crippen LogP contribution in [-0.2, 0) is 13.0 Å². The van der Waals surface area contributed by atoms with Gasteiger partial charge in [-0.05, 0) is 60.8 Å². The van der Waals surface area contributed by atoms with Gasteiger partial charge < -0.3 is 14.8 Å². The van der Waals surface area contributed by atoms with Crippen LogP contribution in [-0.4, -0.2) is 20.8 Å². The molecule has 0 fully saturated rings. The van der Waals surface area contributed by atoms with Crippen LogP contribution in [0.4, 0.5) is 0 Å². The summed E-state index contributed by atoms with van der Waals surface area (Å²) in [6.45, 7) is 3.68. The van der Waals surface area contributed by atoms with Crippen molar-refractivity contribution in [1.82, 2.24) is 5.32 Å².